The van der Waals surface area contributed by atoms with Crippen LogP contribution in [-0.4, -0.2) is 23.7 Å². The molecule has 2 rings (SSSR count). The first-order chi connectivity index (χ1) is 12.5. The minimum Gasteiger partial charge on any atom is -0.344 e. The van der Waals surface area contributed by atoms with Crippen LogP contribution in [0.25, 0.3) is 0 Å². The zero-order valence-electron chi connectivity index (χ0n) is 14.0. The molecule has 138 valence electrons. The van der Waals surface area contributed by atoms with Crippen LogP contribution in [0.2, 0.25) is 10.0 Å². The predicted octanol–water partition coefficient (Wildman–Crippen LogP) is 4.68. The number of alkyl halides is 1. The Kier molecular flexibility index (Phi) is 8.23. The van der Waals surface area contributed by atoms with Crippen LogP contribution >= 0.6 is 34.8 Å². The van der Waals surface area contributed by atoms with Gasteiger partial charge in [-0.15, -0.1) is 11.6 Å². The van der Waals surface area contributed by atoms with Crippen LogP contribution in [0.15, 0.2) is 48.5 Å². The molecule has 0 spiro atoms. The summed E-state index contributed by atoms with van der Waals surface area (Å²) in [6.07, 6.45) is 1.18. The molecule has 0 aliphatic heterocycles. The first-order valence-corrected chi connectivity index (χ1v) is 9.44. The lowest BCUT2D eigenvalue weighted by atomic mass is 10.0. The number of rotatable bonds is 8. The van der Waals surface area contributed by atoms with Crippen molar-refractivity contribution in [2.45, 2.75) is 25.3 Å². The van der Waals surface area contributed by atoms with Crippen LogP contribution in [0.1, 0.15) is 18.4 Å². The molecule has 7 heteroatoms. The third-order valence-corrected chi connectivity index (χ3v) is 4.48. The topological polar surface area (TPSA) is 58.2 Å². The fourth-order valence-electron chi connectivity index (χ4n) is 2.36. The third-order valence-electron chi connectivity index (χ3n) is 3.66. The normalized spacial score (nSPS) is 11.7. The molecule has 0 fully saturated rings. The molecule has 2 aromatic carbocycles. The number of amides is 2. The lowest BCUT2D eigenvalue weighted by Crippen LogP contribution is -2.45. The van der Waals surface area contributed by atoms with Gasteiger partial charge < -0.3 is 10.6 Å². The van der Waals surface area contributed by atoms with Gasteiger partial charge in [0.1, 0.15) is 6.04 Å². The summed E-state index contributed by atoms with van der Waals surface area (Å²) in [5.74, 6) is -0.176. The van der Waals surface area contributed by atoms with E-state index in [-0.39, 0.29) is 18.2 Å². The molecule has 4 nitrogen and oxygen atoms in total. The highest BCUT2D eigenvalue weighted by Crippen LogP contribution is 2.25. The van der Waals surface area contributed by atoms with E-state index in [9.17, 15) is 9.59 Å². The number of carbonyl (C=O) groups excluding carboxylic acids is 2. The monoisotopic (exact) mass is 412 g/mol. The van der Waals surface area contributed by atoms with Crippen molar-refractivity contribution in [3.63, 3.8) is 0 Å². The van der Waals surface area contributed by atoms with E-state index in [2.05, 4.69) is 10.6 Å². The van der Waals surface area contributed by atoms with Crippen molar-refractivity contribution in [1.29, 1.82) is 0 Å². The van der Waals surface area contributed by atoms with Crippen molar-refractivity contribution >= 4 is 52.3 Å². The van der Waals surface area contributed by atoms with Crippen molar-refractivity contribution in [3.05, 3.63) is 64.1 Å². The SMILES string of the molecule is O=C(CCCCl)NC(Cc1ccccc1)C(=O)Nc1ccc(Cl)cc1Cl. The molecule has 1 unspecified atom stereocenters. The molecule has 0 aliphatic carbocycles. The van der Waals surface area contributed by atoms with Gasteiger partial charge in [0.15, 0.2) is 0 Å². The van der Waals surface area contributed by atoms with Crippen LogP contribution in [0, 0.1) is 0 Å². The standard InChI is InChI=1S/C19H19Cl3N2O2/c20-10-4-7-18(25)23-17(11-13-5-2-1-3-6-13)19(26)24-16-9-8-14(21)12-15(16)22/h1-3,5-6,8-9,12,17H,4,7,10-11H2,(H,23,25)(H,24,26). The van der Waals surface area contributed by atoms with E-state index in [0.717, 1.165) is 5.56 Å². The van der Waals surface area contributed by atoms with Crippen LogP contribution < -0.4 is 10.6 Å². The first kappa shape index (κ1) is 20.6. The molecule has 26 heavy (non-hydrogen) atoms. The maximum Gasteiger partial charge on any atom is 0.247 e. The lowest BCUT2D eigenvalue weighted by Gasteiger charge is -2.19. The molecule has 0 aromatic heterocycles. The molecule has 1 atom stereocenters. The van der Waals surface area contributed by atoms with E-state index >= 15 is 0 Å². The minimum atomic E-state index is -0.730. The summed E-state index contributed by atoms with van der Waals surface area (Å²) in [6.45, 7) is 0. The second kappa shape index (κ2) is 10.4. The van der Waals surface area contributed by atoms with Gasteiger partial charge in [-0.05, 0) is 30.2 Å². The Morgan fingerprint density at radius 3 is 2.42 bits per heavy atom. The summed E-state index contributed by atoms with van der Waals surface area (Å²) in [7, 11) is 0. The van der Waals surface area contributed by atoms with Gasteiger partial charge in [-0.25, -0.2) is 0 Å². The van der Waals surface area contributed by atoms with Gasteiger partial charge in [0.2, 0.25) is 11.8 Å². The number of hydrogen-bond donors (Lipinski definition) is 2. The van der Waals surface area contributed by atoms with E-state index in [1.54, 1.807) is 18.2 Å². The molecular formula is C19H19Cl3N2O2. The summed E-state index contributed by atoms with van der Waals surface area (Å²) in [6, 6.07) is 13.5. The number of anilines is 1. The second-order valence-electron chi connectivity index (χ2n) is 5.72. The average molecular weight is 414 g/mol. The molecule has 0 radical (unpaired) electrons. The molecule has 0 bridgehead atoms. The Labute approximate surface area is 167 Å². The van der Waals surface area contributed by atoms with Crippen LogP contribution in [-0.2, 0) is 16.0 Å². The van der Waals surface area contributed by atoms with Gasteiger partial charge in [0.05, 0.1) is 10.7 Å². The van der Waals surface area contributed by atoms with Gasteiger partial charge in [-0.1, -0.05) is 53.5 Å². The Morgan fingerprint density at radius 1 is 1.04 bits per heavy atom. The van der Waals surface area contributed by atoms with Gasteiger partial charge in [0, 0.05) is 23.7 Å². The maximum absolute atomic E-state index is 12.7. The highest BCUT2D eigenvalue weighted by molar-refractivity contribution is 6.36. The fraction of sp³-hybridized carbons (Fsp3) is 0.263. The Balaban J connectivity index is 2.12. The largest absolute Gasteiger partial charge is 0.344 e. The zero-order valence-corrected chi connectivity index (χ0v) is 16.2. The highest BCUT2D eigenvalue weighted by Gasteiger charge is 2.22. The Morgan fingerprint density at radius 2 is 1.77 bits per heavy atom. The Bertz CT molecular complexity index is 754. The number of hydrogen-bond acceptors (Lipinski definition) is 2. The van der Waals surface area contributed by atoms with Gasteiger partial charge in [-0.2, -0.15) is 0 Å². The smallest absolute Gasteiger partial charge is 0.247 e. The fourth-order valence-corrected chi connectivity index (χ4v) is 2.95. The lowest BCUT2D eigenvalue weighted by molar-refractivity contribution is -0.126. The Hall–Kier alpha value is -1.75. The minimum absolute atomic E-state index is 0.219. The zero-order chi connectivity index (χ0) is 18.9. The van der Waals surface area contributed by atoms with Gasteiger partial charge >= 0.3 is 0 Å². The average Bonchev–Trinajstić information content (AvgIpc) is 2.62. The van der Waals surface area contributed by atoms with E-state index in [1.165, 1.54) is 0 Å². The predicted molar refractivity (Wildman–Crippen MR) is 107 cm³/mol. The highest BCUT2D eigenvalue weighted by atomic mass is 35.5. The summed E-state index contributed by atoms with van der Waals surface area (Å²) in [5, 5.41) is 6.33. The first-order valence-electron chi connectivity index (χ1n) is 8.14. The quantitative estimate of drug-likeness (QED) is 0.617. The second-order valence-corrected chi connectivity index (χ2v) is 6.94. The van der Waals surface area contributed by atoms with E-state index in [4.69, 9.17) is 34.8 Å². The number of benzene rings is 2. The van der Waals surface area contributed by atoms with Crippen LogP contribution in [0.3, 0.4) is 0 Å². The summed E-state index contributed by atoms with van der Waals surface area (Å²) >= 11 is 17.6. The van der Waals surface area contributed by atoms with E-state index in [1.807, 2.05) is 30.3 Å². The molecule has 0 aliphatic rings. The summed E-state index contributed by atoms with van der Waals surface area (Å²) in [4.78, 5) is 24.8. The molecule has 2 amide bonds. The van der Waals surface area contributed by atoms with Crippen molar-refractivity contribution in [1.82, 2.24) is 5.32 Å². The maximum atomic E-state index is 12.7. The van der Waals surface area contributed by atoms with Crippen molar-refractivity contribution in [2.24, 2.45) is 0 Å². The molecule has 0 saturated heterocycles. The molecule has 2 aromatic rings. The molecule has 0 saturated carbocycles. The summed E-state index contributed by atoms with van der Waals surface area (Å²) in [5.41, 5.74) is 1.38. The van der Waals surface area contributed by atoms with Crippen molar-refractivity contribution < 1.29 is 9.59 Å². The number of carbonyl (C=O) groups is 2. The summed E-state index contributed by atoms with van der Waals surface area (Å²) < 4.78 is 0. The van der Waals surface area contributed by atoms with Crippen molar-refractivity contribution in [3.8, 4) is 0 Å². The van der Waals surface area contributed by atoms with Crippen LogP contribution in [0.5, 0.6) is 0 Å². The van der Waals surface area contributed by atoms with E-state index < -0.39 is 6.04 Å². The number of nitrogens with one attached hydrogen (secondary N) is 2. The van der Waals surface area contributed by atoms with Gasteiger partial charge in [0.25, 0.3) is 0 Å². The molecule has 0 heterocycles. The van der Waals surface area contributed by atoms with Crippen molar-refractivity contribution in [2.75, 3.05) is 11.2 Å². The third kappa shape index (κ3) is 6.52. The van der Waals surface area contributed by atoms with Crippen LogP contribution in [0.4, 0.5) is 5.69 Å². The number of halogens is 3. The molecule has 2 N–H and O–H groups in total. The van der Waals surface area contributed by atoms with E-state index in [0.29, 0.717) is 34.5 Å². The van der Waals surface area contributed by atoms with Gasteiger partial charge in [-0.3, -0.25) is 9.59 Å². The molecular weight excluding hydrogens is 395 g/mol.